The van der Waals surface area contributed by atoms with Crippen molar-refractivity contribution in [2.75, 3.05) is 0 Å². The molecule has 0 aromatic carbocycles. The van der Waals surface area contributed by atoms with Crippen LogP contribution in [0.3, 0.4) is 0 Å². The predicted molar refractivity (Wildman–Crippen MR) is 99.8 cm³/mol. The van der Waals surface area contributed by atoms with Crippen molar-refractivity contribution in [3.05, 3.63) is 0 Å². The zero-order chi connectivity index (χ0) is 15.9. The van der Waals surface area contributed by atoms with Crippen molar-refractivity contribution in [1.29, 1.82) is 0 Å². The number of rotatable bonds is 10. The van der Waals surface area contributed by atoms with Crippen molar-refractivity contribution in [3.63, 3.8) is 0 Å². The molecule has 4 atom stereocenters. The van der Waals surface area contributed by atoms with E-state index in [1.54, 1.807) is 0 Å². The molecule has 0 rings (SSSR count). The molecule has 2 nitrogen and oxygen atoms in total. The van der Waals surface area contributed by atoms with Gasteiger partial charge in [-0.15, -0.1) is 0 Å². The summed E-state index contributed by atoms with van der Waals surface area (Å²) in [6.45, 7) is 19.1. The van der Waals surface area contributed by atoms with Crippen LogP contribution in [-0.2, 0) is 0 Å². The summed E-state index contributed by atoms with van der Waals surface area (Å²) < 4.78 is 5.87. The summed E-state index contributed by atoms with van der Waals surface area (Å²) in [6.07, 6.45) is 5.13. The summed E-state index contributed by atoms with van der Waals surface area (Å²) in [6, 6.07) is 2.98. The summed E-state index contributed by atoms with van der Waals surface area (Å²) >= 11 is 0. The van der Waals surface area contributed by atoms with Crippen LogP contribution in [0, 0.1) is 0 Å². The smallest absolute Gasteiger partial charge is 0.165 e. The zero-order valence-electron chi connectivity index (χ0n) is 15.6. The molecule has 4 heteroatoms. The highest BCUT2D eigenvalue weighted by atomic mass is 29.2. The molecule has 0 saturated carbocycles. The maximum atomic E-state index is 2.94. The van der Waals surface area contributed by atoms with Gasteiger partial charge in [-0.1, -0.05) is 55.4 Å². The lowest BCUT2D eigenvalue weighted by atomic mass is 10.2. The van der Waals surface area contributed by atoms with Gasteiger partial charge in [0.25, 0.3) is 0 Å². The van der Waals surface area contributed by atoms with Gasteiger partial charge < -0.3 is 9.13 Å². The van der Waals surface area contributed by atoms with Crippen LogP contribution in [0.25, 0.3) is 0 Å². The van der Waals surface area contributed by atoms with Crippen LogP contribution >= 0.6 is 0 Å². The molecule has 20 heavy (non-hydrogen) atoms. The molecule has 0 N–H and O–H groups in total. The number of hydrogen-bond donors (Lipinski definition) is 0. The second-order valence-corrected chi connectivity index (χ2v) is 12.1. The van der Waals surface area contributed by atoms with Gasteiger partial charge in [-0.25, -0.2) is 0 Å². The Morgan fingerprint density at radius 1 is 0.650 bits per heavy atom. The predicted octanol–water partition coefficient (Wildman–Crippen LogP) is 2.87. The van der Waals surface area contributed by atoms with Crippen molar-refractivity contribution in [1.82, 2.24) is 9.13 Å². The first kappa shape index (κ1) is 20.4. The lowest BCUT2D eigenvalue weighted by Gasteiger charge is -2.48. The Hall–Kier alpha value is 0.354. The van der Waals surface area contributed by atoms with Crippen molar-refractivity contribution in [2.45, 2.75) is 105 Å². The minimum atomic E-state index is -0.929. The minimum absolute atomic E-state index is 0.745. The average molecular weight is 317 g/mol. The van der Waals surface area contributed by atoms with Crippen LogP contribution in [0.4, 0.5) is 0 Å². The SMILES string of the molecule is CCC(C)N(C(C)CC)[SiH]([SiH3])N(C(C)CC)C(C)CC. The minimum Gasteiger partial charge on any atom is -0.312 e. The summed E-state index contributed by atoms with van der Waals surface area (Å²) in [5.41, 5.74) is 0. The first-order valence-electron chi connectivity index (χ1n) is 8.90. The average Bonchev–Trinajstić information content (AvgIpc) is 2.46. The Bertz CT molecular complexity index is 207. The van der Waals surface area contributed by atoms with E-state index in [0.717, 1.165) is 24.2 Å². The molecule has 0 heterocycles. The van der Waals surface area contributed by atoms with E-state index in [1.807, 2.05) is 0 Å². The fourth-order valence-corrected chi connectivity index (χ4v) is 13.5. The Kier molecular flexibility index (Phi) is 10.3. The third-order valence-electron chi connectivity index (χ3n) is 5.26. The third-order valence-corrected chi connectivity index (χ3v) is 12.6. The van der Waals surface area contributed by atoms with Gasteiger partial charge in [-0.3, -0.25) is 0 Å². The van der Waals surface area contributed by atoms with E-state index in [9.17, 15) is 0 Å². The first-order valence-corrected chi connectivity index (χ1v) is 14.5. The fraction of sp³-hybridized carbons (Fsp3) is 1.00. The molecule has 0 aliphatic carbocycles. The van der Waals surface area contributed by atoms with Gasteiger partial charge in [0.15, 0.2) is 8.64 Å². The third kappa shape index (κ3) is 5.28. The van der Waals surface area contributed by atoms with E-state index >= 15 is 0 Å². The normalized spacial score (nSPS) is 20.1. The van der Waals surface area contributed by atoms with Gasteiger partial charge in [0, 0.05) is 33.9 Å². The van der Waals surface area contributed by atoms with E-state index in [-0.39, 0.29) is 0 Å². The first-order chi connectivity index (χ1) is 9.35. The van der Waals surface area contributed by atoms with Crippen LogP contribution in [-0.4, -0.2) is 51.7 Å². The molecular formula is C16H40N2Si2. The van der Waals surface area contributed by atoms with Gasteiger partial charge >= 0.3 is 0 Å². The van der Waals surface area contributed by atoms with E-state index in [0.29, 0.717) is 0 Å². The van der Waals surface area contributed by atoms with Crippen LogP contribution in [0.2, 0.25) is 0 Å². The maximum absolute atomic E-state index is 2.94. The monoisotopic (exact) mass is 316 g/mol. The van der Waals surface area contributed by atoms with Gasteiger partial charge in [0.2, 0.25) is 0 Å². The van der Waals surface area contributed by atoms with Crippen molar-refractivity contribution in [2.24, 2.45) is 0 Å². The Morgan fingerprint density at radius 3 is 1.00 bits per heavy atom. The highest BCUT2D eigenvalue weighted by molar-refractivity contribution is 6.99. The van der Waals surface area contributed by atoms with Crippen molar-refractivity contribution < 1.29 is 0 Å². The highest BCUT2D eigenvalue weighted by Gasteiger charge is 2.33. The lowest BCUT2D eigenvalue weighted by Crippen LogP contribution is -2.63. The summed E-state index contributed by atoms with van der Waals surface area (Å²) in [7, 11) is 0.427. The lowest BCUT2D eigenvalue weighted by molar-refractivity contribution is 0.195. The van der Waals surface area contributed by atoms with Crippen LogP contribution in [0.15, 0.2) is 0 Å². The van der Waals surface area contributed by atoms with Crippen molar-refractivity contribution in [3.8, 4) is 0 Å². The highest BCUT2D eigenvalue weighted by Crippen LogP contribution is 2.20. The molecule has 0 bridgehead atoms. The Labute approximate surface area is 133 Å². The van der Waals surface area contributed by atoms with E-state index in [2.05, 4.69) is 64.5 Å². The molecule has 0 aromatic heterocycles. The Balaban J connectivity index is 5.28. The largest absolute Gasteiger partial charge is 0.312 e. The molecule has 0 aliphatic heterocycles. The zero-order valence-corrected chi connectivity index (χ0v) is 18.8. The van der Waals surface area contributed by atoms with Gasteiger partial charge in [0.05, 0.1) is 0 Å². The van der Waals surface area contributed by atoms with E-state index in [1.165, 1.54) is 35.4 Å². The molecule has 0 fully saturated rings. The summed E-state index contributed by atoms with van der Waals surface area (Å²) in [4.78, 5) is 0. The molecule has 4 unspecified atom stereocenters. The van der Waals surface area contributed by atoms with E-state index in [4.69, 9.17) is 0 Å². The van der Waals surface area contributed by atoms with Crippen molar-refractivity contribution >= 4 is 18.4 Å². The fourth-order valence-electron chi connectivity index (χ4n) is 3.34. The second kappa shape index (κ2) is 10.1. The molecule has 122 valence electrons. The standard InChI is InChI=1S/C16H40N2Si2/c1-9-13(5)17(14(6)10-2)20(19)18(15(7)11-3)16(8)12-4/h13-16,20H,9-12H2,1-8,19H3. The second-order valence-electron chi connectivity index (χ2n) is 6.56. The Morgan fingerprint density at radius 2 is 0.850 bits per heavy atom. The number of nitrogens with zero attached hydrogens (tertiary/aromatic N) is 2. The molecule has 0 radical (unpaired) electrons. The molecule has 0 aromatic rings. The van der Waals surface area contributed by atoms with Gasteiger partial charge in [0.1, 0.15) is 0 Å². The number of hydrogen-bond acceptors (Lipinski definition) is 2. The molecule has 0 amide bonds. The topological polar surface area (TPSA) is 6.48 Å². The summed E-state index contributed by atoms with van der Waals surface area (Å²) in [5, 5.41) is 0. The van der Waals surface area contributed by atoms with Crippen LogP contribution in [0.5, 0.6) is 0 Å². The molecular weight excluding hydrogens is 276 g/mol. The van der Waals surface area contributed by atoms with E-state index < -0.39 is 8.64 Å². The molecule has 0 spiro atoms. The van der Waals surface area contributed by atoms with Gasteiger partial charge in [-0.2, -0.15) is 0 Å². The van der Waals surface area contributed by atoms with Crippen LogP contribution in [0.1, 0.15) is 81.1 Å². The molecule has 0 saturated heterocycles. The van der Waals surface area contributed by atoms with Gasteiger partial charge in [-0.05, 0) is 25.7 Å². The van der Waals surface area contributed by atoms with Crippen LogP contribution < -0.4 is 0 Å². The molecule has 0 aliphatic rings. The maximum Gasteiger partial charge on any atom is 0.165 e. The quantitative estimate of drug-likeness (QED) is 0.572. The summed E-state index contributed by atoms with van der Waals surface area (Å²) in [5.74, 6) is 0.